The maximum atomic E-state index is 13.3. The first-order valence-electron chi connectivity index (χ1n) is 6.20. The molecule has 0 aliphatic carbocycles. The molecule has 1 unspecified atom stereocenters. The Morgan fingerprint density at radius 2 is 2.24 bits per heavy atom. The molecule has 0 fully saturated rings. The van der Waals surface area contributed by atoms with E-state index in [9.17, 15) is 4.39 Å². The van der Waals surface area contributed by atoms with Crippen molar-refractivity contribution in [3.63, 3.8) is 0 Å². The summed E-state index contributed by atoms with van der Waals surface area (Å²) in [5.74, 6) is -0.273. The smallest absolute Gasteiger partial charge is 0.125 e. The second-order valence-electron chi connectivity index (χ2n) is 4.56. The van der Waals surface area contributed by atoms with Crippen LogP contribution in [0.2, 0.25) is 5.02 Å². The van der Waals surface area contributed by atoms with Crippen molar-refractivity contribution in [2.75, 3.05) is 0 Å². The van der Waals surface area contributed by atoms with Gasteiger partial charge in [-0.1, -0.05) is 24.9 Å². The van der Waals surface area contributed by atoms with E-state index in [1.807, 2.05) is 6.07 Å². The Hall–Kier alpha value is -0.890. The Morgan fingerprint density at radius 1 is 1.41 bits per heavy atom. The summed E-state index contributed by atoms with van der Waals surface area (Å²) in [6.07, 6.45) is 5.40. The molecule has 0 N–H and O–H groups in total. The van der Waals surface area contributed by atoms with Gasteiger partial charge in [0.05, 0.1) is 6.04 Å². The number of halogens is 2. The third-order valence-corrected chi connectivity index (χ3v) is 3.31. The Kier molecular flexibility index (Phi) is 4.16. The molecule has 0 amide bonds. The standard InChI is InChI=1S/C14H17ClFN/c1-2-4-13-5-3-6-14(17-13)10-7-11(15)9-12(16)8-10/h7-9,14H,2-6H2,1H3. The zero-order valence-electron chi connectivity index (χ0n) is 10.0. The average molecular weight is 254 g/mol. The van der Waals surface area contributed by atoms with E-state index in [1.165, 1.54) is 11.8 Å². The molecule has 1 heterocycles. The lowest BCUT2D eigenvalue weighted by Crippen LogP contribution is -2.10. The summed E-state index contributed by atoms with van der Waals surface area (Å²) >= 11 is 5.88. The van der Waals surface area contributed by atoms with Gasteiger partial charge in [0.1, 0.15) is 5.82 Å². The van der Waals surface area contributed by atoms with Crippen LogP contribution in [0.15, 0.2) is 23.2 Å². The molecule has 0 saturated heterocycles. The van der Waals surface area contributed by atoms with Gasteiger partial charge in [-0.15, -0.1) is 0 Å². The Labute approximate surface area is 107 Å². The summed E-state index contributed by atoms with van der Waals surface area (Å²) in [7, 11) is 0. The van der Waals surface area contributed by atoms with Crippen LogP contribution in [0.4, 0.5) is 4.39 Å². The molecule has 2 rings (SSSR count). The van der Waals surface area contributed by atoms with Gasteiger partial charge in [0.2, 0.25) is 0 Å². The minimum Gasteiger partial charge on any atom is -0.286 e. The molecular weight excluding hydrogens is 237 g/mol. The van der Waals surface area contributed by atoms with E-state index in [0.29, 0.717) is 5.02 Å². The van der Waals surface area contributed by atoms with Crippen LogP contribution in [0.1, 0.15) is 50.6 Å². The van der Waals surface area contributed by atoms with Crippen LogP contribution < -0.4 is 0 Å². The molecule has 1 aliphatic heterocycles. The SMILES string of the molecule is CCCC1=NC(c2cc(F)cc(Cl)c2)CCC1. The summed E-state index contributed by atoms with van der Waals surface area (Å²) in [6, 6.07) is 4.81. The molecule has 17 heavy (non-hydrogen) atoms. The zero-order valence-corrected chi connectivity index (χ0v) is 10.8. The van der Waals surface area contributed by atoms with Gasteiger partial charge in [0, 0.05) is 10.7 Å². The van der Waals surface area contributed by atoms with Gasteiger partial charge in [0.15, 0.2) is 0 Å². The van der Waals surface area contributed by atoms with E-state index in [2.05, 4.69) is 6.92 Å². The largest absolute Gasteiger partial charge is 0.286 e. The maximum Gasteiger partial charge on any atom is 0.125 e. The van der Waals surface area contributed by atoms with Crippen molar-refractivity contribution in [1.29, 1.82) is 0 Å². The first-order chi connectivity index (χ1) is 8.19. The van der Waals surface area contributed by atoms with Gasteiger partial charge in [-0.05, 0) is 49.4 Å². The number of nitrogens with zero attached hydrogens (tertiary/aromatic N) is 1. The van der Waals surface area contributed by atoms with Gasteiger partial charge in [0.25, 0.3) is 0 Å². The third-order valence-electron chi connectivity index (χ3n) is 3.09. The summed E-state index contributed by atoms with van der Waals surface area (Å²) < 4.78 is 13.3. The molecule has 1 aromatic carbocycles. The van der Waals surface area contributed by atoms with Crippen LogP contribution in [0.5, 0.6) is 0 Å². The van der Waals surface area contributed by atoms with Crippen molar-refractivity contribution in [2.45, 2.75) is 45.1 Å². The number of rotatable bonds is 3. The van der Waals surface area contributed by atoms with E-state index in [0.717, 1.165) is 37.7 Å². The lowest BCUT2D eigenvalue weighted by atomic mass is 9.95. The summed E-state index contributed by atoms with van der Waals surface area (Å²) in [5.41, 5.74) is 2.17. The molecule has 3 heteroatoms. The van der Waals surface area contributed by atoms with Crippen LogP contribution in [-0.2, 0) is 0 Å². The predicted octanol–water partition coefficient (Wildman–Crippen LogP) is 4.95. The fraction of sp³-hybridized carbons (Fsp3) is 0.500. The normalized spacial score (nSPS) is 20.2. The van der Waals surface area contributed by atoms with E-state index >= 15 is 0 Å². The first kappa shape index (κ1) is 12.6. The van der Waals surface area contributed by atoms with Crippen molar-refractivity contribution < 1.29 is 4.39 Å². The Balaban J connectivity index is 2.23. The fourth-order valence-electron chi connectivity index (χ4n) is 2.34. The molecule has 0 bridgehead atoms. The van der Waals surface area contributed by atoms with Crippen LogP contribution in [0, 0.1) is 5.82 Å². The van der Waals surface area contributed by atoms with Crippen molar-refractivity contribution in [3.8, 4) is 0 Å². The predicted molar refractivity (Wildman–Crippen MR) is 70.3 cm³/mol. The second-order valence-corrected chi connectivity index (χ2v) is 4.99. The van der Waals surface area contributed by atoms with Crippen molar-refractivity contribution >= 4 is 17.3 Å². The molecule has 92 valence electrons. The molecule has 0 radical (unpaired) electrons. The van der Waals surface area contributed by atoms with E-state index in [4.69, 9.17) is 16.6 Å². The molecular formula is C14H17ClFN. The van der Waals surface area contributed by atoms with Gasteiger partial charge >= 0.3 is 0 Å². The van der Waals surface area contributed by atoms with Gasteiger partial charge in [-0.2, -0.15) is 0 Å². The van der Waals surface area contributed by atoms with Gasteiger partial charge < -0.3 is 0 Å². The lowest BCUT2D eigenvalue weighted by molar-refractivity contribution is 0.577. The monoisotopic (exact) mass is 253 g/mol. The molecule has 0 spiro atoms. The van der Waals surface area contributed by atoms with Crippen LogP contribution in [0.25, 0.3) is 0 Å². The lowest BCUT2D eigenvalue weighted by Gasteiger charge is -2.21. The number of aliphatic imine (C=N–C) groups is 1. The van der Waals surface area contributed by atoms with E-state index in [1.54, 1.807) is 6.07 Å². The molecule has 1 atom stereocenters. The highest BCUT2D eigenvalue weighted by molar-refractivity contribution is 6.30. The summed E-state index contributed by atoms with van der Waals surface area (Å²) in [5, 5.41) is 0.456. The number of benzene rings is 1. The topological polar surface area (TPSA) is 12.4 Å². The van der Waals surface area contributed by atoms with Crippen molar-refractivity contribution in [3.05, 3.63) is 34.6 Å². The minimum absolute atomic E-state index is 0.0958. The molecule has 1 nitrogen and oxygen atoms in total. The van der Waals surface area contributed by atoms with Gasteiger partial charge in [-0.3, -0.25) is 4.99 Å². The van der Waals surface area contributed by atoms with E-state index < -0.39 is 0 Å². The summed E-state index contributed by atoms with van der Waals surface area (Å²) in [4.78, 5) is 4.72. The quantitative estimate of drug-likeness (QED) is 0.723. The fourth-order valence-corrected chi connectivity index (χ4v) is 2.57. The highest BCUT2D eigenvalue weighted by Gasteiger charge is 2.17. The average Bonchev–Trinajstić information content (AvgIpc) is 2.28. The summed E-state index contributed by atoms with van der Waals surface area (Å²) in [6.45, 7) is 2.16. The van der Waals surface area contributed by atoms with Crippen LogP contribution in [0.3, 0.4) is 0 Å². The second kappa shape index (κ2) is 5.63. The highest BCUT2D eigenvalue weighted by Crippen LogP contribution is 2.31. The van der Waals surface area contributed by atoms with Crippen LogP contribution in [-0.4, -0.2) is 5.71 Å². The zero-order chi connectivity index (χ0) is 12.3. The first-order valence-corrected chi connectivity index (χ1v) is 6.58. The third kappa shape index (κ3) is 3.29. The molecule has 0 saturated carbocycles. The Bertz CT molecular complexity index is 408. The number of hydrogen-bond acceptors (Lipinski definition) is 1. The van der Waals surface area contributed by atoms with Gasteiger partial charge in [-0.25, -0.2) is 4.39 Å². The molecule has 1 aromatic rings. The Morgan fingerprint density at radius 3 is 2.94 bits per heavy atom. The molecule has 1 aliphatic rings. The highest BCUT2D eigenvalue weighted by atomic mass is 35.5. The van der Waals surface area contributed by atoms with Crippen molar-refractivity contribution in [2.24, 2.45) is 4.99 Å². The van der Waals surface area contributed by atoms with Crippen LogP contribution >= 0.6 is 11.6 Å². The maximum absolute atomic E-state index is 13.3. The van der Waals surface area contributed by atoms with Crippen molar-refractivity contribution in [1.82, 2.24) is 0 Å². The molecule has 0 aromatic heterocycles. The number of hydrogen-bond donors (Lipinski definition) is 0. The van der Waals surface area contributed by atoms with E-state index in [-0.39, 0.29) is 11.9 Å². The minimum atomic E-state index is -0.273.